The molecule has 0 aliphatic rings. The number of esters is 1. The van der Waals surface area contributed by atoms with Crippen molar-refractivity contribution in [2.45, 2.75) is 6.92 Å². The van der Waals surface area contributed by atoms with Gasteiger partial charge < -0.3 is 9.47 Å². The molecule has 13 heavy (non-hydrogen) atoms. The third kappa shape index (κ3) is 6.53. The summed E-state index contributed by atoms with van der Waals surface area (Å²) in [6.45, 7) is 1.92. The van der Waals surface area contributed by atoms with Crippen molar-refractivity contribution in [2.75, 3.05) is 31.8 Å². The molecule has 0 rings (SSSR count). The Hall–Kier alpha value is -0.620. The number of methoxy groups -OCH3 is 1. The van der Waals surface area contributed by atoms with Gasteiger partial charge in [-0.25, -0.2) is 8.42 Å². The van der Waals surface area contributed by atoms with Gasteiger partial charge in [-0.15, -0.1) is 0 Å². The monoisotopic (exact) mass is 210 g/mol. The highest BCUT2D eigenvalue weighted by Crippen LogP contribution is 1.92. The summed E-state index contributed by atoms with van der Waals surface area (Å²) in [4.78, 5) is 10.8. The predicted molar refractivity (Wildman–Crippen MR) is 47.2 cm³/mol. The summed E-state index contributed by atoms with van der Waals surface area (Å²) in [7, 11) is -1.96. The quantitative estimate of drug-likeness (QED) is 0.558. The van der Waals surface area contributed by atoms with E-state index < -0.39 is 21.6 Å². The van der Waals surface area contributed by atoms with Gasteiger partial charge in [-0.3, -0.25) is 4.79 Å². The molecule has 0 spiro atoms. The van der Waals surface area contributed by atoms with E-state index in [4.69, 9.17) is 0 Å². The molecule has 0 saturated heterocycles. The molecule has 0 amide bonds. The number of hydrogen-bond acceptors (Lipinski definition) is 5. The second-order valence-corrected chi connectivity index (χ2v) is 4.57. The first-order valence-electron chi connectivity index (χ1n) is 3.87. The van der Waals surface area contributed by atoms with Crippen molar-refractivity contribution >= 4 is 15.8 Å². The minimum atomic E-state index is -3.36. The second-order valence-electron chi connectivity index (χ2n) is 2.39. The number of ether oxygens (including phenoxy) is 2. The van der Waals surface area contributed by atoms with E-state index in [9.17, 15) is 13.2 Å². The summed E-state index contributed by atoms with van der Waals surface area (Å²) in [6, 6.07) is 0. The van der Waals surface area contributed by atoms with E-state index in [1.165, 1.54) is 7.11 Å². The topological polar surface area (TPSA) is 69.7 Å². The Kier molecular flexibility index (Phi) is 5.65. The summed E-state index contributed by atoms with van der Waals surface area (Å²) in [5.41, 5.74) is 0. The molecule has 0 aromatic rings. The van der Waals surface area contributed by atoms with Crippen molar-refractivity contribution in [2.24, 2.45) is 0 Å². The van der Waals surface area contributed by atoms with Crippen LogP contribution in [0.25, 0.3) is 0 Å². The molecule has 78 valence electrons. The molecule has 0 bridgehead atoms. The summed E-state index contributed by atoms with van der Waals surface area (Å²) in [6.07, 6.45) is 0. The lowest BCUT2D eigenvalue weighted by atomic mass is 10.8. The normalized spacial score (nSPS) is 11.2. The van der Waals surface area contributed by atoms with Crippen LogP contribution in [-0.2, 0) is 24.1 Å². The van der Waals surface area contributed by atoms with E-state index in [0.717, 1.165) is 0 Å². The van der Waals surface area contributed by atoms with Crippen molar-refractivity contribution in [1.82, 2.24) is 0 Å². The molecule has 6 heteroatoms. The molecule has 0 aliphatic heterocycles. The number of carbonyl (C=O) groups is 1. The summed E-state index contributed by atoms with van der Waals surface area (Å²) < 4.78 is 31.3. The highest BCUT2D eigenvalue weighted by molar-refractivity contribution is 7.92. The van der Waals surface area contributed by atoms with Crippen LogP contribution in [-0.4, -0.2) is 46.2 Å². The van der Waals surface area contributed by atoms with Crippen LogP contribution in [0, 0.1) is 0 Å². The van der Waals surface area contributed by atoms with Gasteiger partial charge in [-0.2, -0.15) is 0 Å². The number of carbonyl (C=O) groups excluding carboxylic acids is 1. The van der Waals surface area contributed by atoms with E-state index >= 15 is 0 Å². The zero-order valence-electron chi connectivity index (χ0n) is 7.78. The Balaban J connectivity index is 3.95. The van der Waals surface area contributed by atoms with E-state index in [1.54, 1.807) is 6.92 Å². The van der Waals surface area contributed by atoms with Gasteiger partial charge in [0.1, 0.15) is 5.75 Å². The predicted octanol–water partition coefficient (Wildman–Crippen LogP) is -0.389. The highest BCUT2D eigenvalue weighted by atomic mass is 32.2. The first kappa shape index (κ1) is 12.4. The van der Waals surface area contributed by atoms with Crippen molar-refractivity contribution in [1.29, 1.82) is 0 Å². The van der Waals surface area contributed by atoms with Crippen LogP contribution in [0.1, 0.15) is 6.92 Å². The maximum Gasteiger partial charge on any atom is 0.321 e. The molecular weight excluding hydrogens is 196 g/mol. The molecule has 0 unspecified atom stereocenters. The lowest BCUT2D eigenvalue weighted by Gasteiger charge is -2.02. The van der Waals surface area contributed by atoms with Gasteiger partial charge in [0, 0.05) is 7.11 Å². The van der Waals surface area contributed by atoms with Gasteiger partial charge in [-0.05, 0) is 6.92 Å². The van der Waals surface area contributed by atoms with Crippen LogP contribution in [0.4, 0.5) is 0 Å². The Morgan fingerprint density at radius 1 is 1.38 bits per heavy atom. The third-order valence-electron chi connectivity index (χ3n) is 1.24. The molecule has 0 fully saturated rings. The largest absolute Gasteiger partial charge is 0.465 e. The first-order valence-corrected chi connectivity index (χ1v) is 5.69. The van der Waals surface area contributed by atoms with Crippen LogP contribution in [0.2, 0.25) is 0 Å². The molecule has 0 N–H and O–H groups in total. The number of sulfone groups is 1. The van der Waals surface area contributed by atoms with Crippen LogP contribution in [0.5, 0.6) is 0 Å². The van der Waals surface area contributed by atoms with Crippen molar-refractivity contribution in [3.8, 4) is 0 Å². The Labute approximate surface area is 77.9 Å². The fourth-order valence-corrected chi connectivity index (χ4v) is 1.67. The molecule has 5 nitrogen and oxygen atoms in total. The van der Waals surface area contributed by atoms with Crippen molar-refractivity contribution in [3.63, 3.8) is 0 Å². The molecular formula is C7H14O5S. The smallest absolute Gasteiger partial charge is 0.321 e. The lowest BCUT2D eigenvalue weighted by Crippen LogP contribution is -2.22. The number of hydrogen-bond donors (Lipinski definition) is 0. The lowest BCUT2D eigenvalue weighted by molar-refractivity contribution is -0.139. The Morgan fingerprint density at radius 3 is 2.46 bits per heavy atom. The standard InChI is InChI=1S/C7H14O5S/c1-3-12-7(8)6-13(9,10)5-4-11-2/h3-6H2,1-2H3. The van der Waals surface area contributed by atoms with Gasteiger partial charge in [0.05, 0.1) is 19.0 Å². The van der Waals surface area contributed by atoms with Crippen LogP contribution in [0.3, 0.4) is 0 Å². The second kappa shape index (κ2) is 5.93. The van der Waals surface area contributed by atoms with Crippen molar-refractivity contribution in [3.05, 3.63) is 0 Å². The SMILES string of the molecule is CCOC(=O)CS(=O)(=O)CCOC. The maximum atomic E-state index is 11.1. The van der Waals surface area contributed by atoms with Gasteiger partial charge in [0.2, 0.25) is 0 Å². The molecule has 0 radical (unpaired) electrons. The van der Waals surface area contributed by atoms with E-state index in [2.05, 4.69) is 9.47 Å². The van der Waals surface area contributed by atoms with Crippen LogP contribution in [0.15, 0.2) is 0 Å². The molecule has 0 aromatic heterocycles. The average molecular weight is 210 g/mol. The fourth-order valence-electron chi connectivity index (χ4n) is 0.665. The minimum absolute atomic E-state index is 0.0989. The molecule has 0 aromatic carbocycles. The zero-order chi connectivity index (χ0) is 10.3. The molecule has 0 heterocycles. The summed E-state index contributed by atoms with van der Waals surface area (Å²) >= 11 is 0. The third-order valence-corrected chi connectivity index (χ3v) is 2.71. The van der Waals surface area contributed by atoms with Crippen molar-refractivity contribution < 1.29 is 22.7 Å². The fraction of sp³-hybridized carbons (Fsp3) is 0.857. The van der Waals surface area contributed by atoms with E-state index in [-0.39, 0.29) is 19.0 Å². The first-order chi connectivity index (χ1) is 6.02. The van der Waals surface area contributed by atoms with Gasteiger partial charge in [0.25, 0.3) is 0 Å². The summed E-state index contributed by atoms with van der Waals surface area (Å²) in [5.74, 6) is -1.43. The Bertz CT molecular complexity index is 244. The summed E-state index contributed by atoms with van der Waals surface area (Å²) in [5, 5.41) is 0. The number of rotatable bonds is 6. The zero-order valence-corrected chi connectivity index (χ0v) is 8.59. The molecule has 0 atom stereocenters. The van der Waals surface area contributed by atoms with Gasteiger partial charge in [-0.1, -0.05) is 0 Å². The van der Waals surface area contributed by atoms with E-state index in [1.807, 2.05) is 0 Å². The van der Waals surface area contributed by atoms with Gasteiger partial charge >= 0.3 is 5.97 Å². The van der Waals surface area contributed by atoms with Crippen LogP contribution >= 0.6 is 0 Å². The highest BCUT2D eigenvalue weighted by Gasteiger charge is 2.16. The minimum Gasteiger partial charge on any atom is -0.465 e. The van der Waals surface area contributed by atoms with E-state index in [0.29, 0.717) is 0 Å². The molecule has 0 aliphatic carbocycles. The average Bonchev–Trinajstić information content (AvgIpc) is 2.00. The molecule has 0 saturated carbocycles. The van der Waals surface area contributed by atoms with Crippen LogP contribution < -0.4 is 0 Å². The maximum absolute atomic E-state index is 11.1. The Morgan fingerprint density at radius 2 is 2.00 bits per heavy atom. The van der Waals surface area contributed by atoms with Gasteiger partial charge in [0.15, 0.2) is 9.84 Å².